The summed E-state index contributed by atoms with van der Waals surface area (Å²) >= 11 is 0. The maximum Gasteiger partial charge on any atom is 0.258 e. The van der Waals surface area contributed by atoms with Crippen LogP contribution in [0, 0.1) is 5.82 Å². The van der Waals surface area contributed by atoms with E-state index in [1.54, 1.807) is 0 Å². The molecular formula is C13H19FN2O4S. The Bertz CT molecular complexity index is 600. The first kappa shape index (κ1) is 17.4. The Hall–Kier alpha value is -1.67. The number of sulfonamides is 1. The maximum atomic E-state index is 13.6. The first-order valence-electron chi connectivity index (χ1n) is 6.52. The van der Waals surface area contributed by atoms with Gasteiger partial charge in [0.15, 0.2) is 18.2 Å². The quantitative estimate of drug-likeness (QED) is 0.788. The molecule has 0 atom stereocenters. The van der Waals surface area contributed by atoms with Crippen LogP contribution in [0.3, 0.4) is 0 Å². The van der Waals surface area contributed by atoms with Crippen LogP contribution in [-0.2, 0) is 14.8 Å². The van der Waals surface area contributed by atoms with Crippen LogP contribution in [0.1, 0.15) is 26.7 Å². The van der Waals surface area contributed by atoms with Crippen molar-refractivity contribution in [2.24, 2.45) is 5.14 Å². The van der Waals surface area contributed by atoms with Gasteiger partial charge in [-0.3, -0.25) is 4.79 Å². The summed E-state index contributed by atoms with van der Waals surface area (Å²) in [5.74, 6) is -1.46. The number of carbonyl (C=O) groups excluding carboxylic acids is 1. The predicted octanol–water partition coefficient (Wildman–Crippen LogP) is 1.16. The first-order valence-corrected chi connectivity index (χ1v) is 8.07. The van der Waals surface area contributed by atoms with Crippen LogP contribution in [0.25, 0.3) is 0 Å². The third-order valence-electron chi connectivity index (χ3n) is 2.94. The second-order valence-corrected chi connectivity index (χ2v) is 6.07. The Kier molecular flexibility index (Phi) is 6.10. The summed E-state index contributed by atoms with van der Waals surface area (Å²) in [6, 6.07) is 3.05. The molecule has 0 fully saturated rings. The molecular weight excluding hydrogens is 299 g/mol. The second kappa shape index (κ2) is 7.37. The Morgan fingerprint density at radius 3 is 2.48 bits per heavy atom. The monoisotopic (exact) mass is 318 g/mol. The van der Waals surface area contributed by atoms with Crippen LogP contribution in [0.2, 0.25) is 0 Å². The lowest BCUT2D eigenvalue weighted by Gasteiger charge is -2.15. The molecule has 118 valence electrons. The van der Waals surface area contributed by atoms with Crippen LogP contribution in [-0.4, -0.2) is 27.0 Å². The van der Waals surface area contributed by atoms with Gasteiger partial charge in [-0.15, -0.1) is 0 Å². The number of nitrogens with one attached hydrogen (secondary N) is 1. The van der Waals surface area contributed by atoms with Crippen LogP contribution in [0.4, 0.5) is 4.39 Å². The van der Waals surface area contributed by atoms with Crippen molar-refractivity contribution in [2.45, 2.75) is 37.6 Å². The molecule has 0 saturated heterocycles. The van der Waals surface area contributed by atoms with Gasteiger partial charge in [-0.05, 0) is 31.0 Å². The van der Waals surface area contributed by atoms with Crippen molar-refractivity contribution in [3.8, 4) is 5.75 Å². The number of benzene rings is 1. The first-order chi connectivity index (χ1) is 9.77. The van der Waals surface area contributed by atoms with Crippen molar-refractivity contribution >= 4 is 15.9 Å². The van der Waals surface area contributed by atoms with E-state index in [4.69, 9.17) is 9.88 Å². The predicted molar refractivity (Wildman–Crippen MR) is 75.8 cm³/mol. The molecule has 0 aliphatic carbocycles. The normalized spacial score (nSPS) is 11.5. The number of ether oxygens (including phenoxy) is 1. The zero-order valence-electron chi connectivity index (χ0n) is 11.9. The fraction of sp³-hybridized carbons (Fsp3) is 0.462. The molecule has 0 radical (unpaired) electrons. The van der Waals surface area contributed by atoms with Gasteiger partial charge in [0.05, 0.1) is 4.90 Å². The molecule has 8 heteroatoms. The van der Waals surface area contributed by atoms with Gasteiger partial charge in [-0.1, -0.05) is 13.8 Å². The largest absolute Gasteiger partial charge is 0.481 e. The molecule has 21 heavy (non-hydrogen) atoms. The summed E-state index contributed by atoms with van der Waals surface area (Å²) in [7, 11) is -3.97. The zero-order valence-corrected chi connectivity index (χ0v) is 12.7. The summed E-state index contributed by atoms with van der Waals surface area (Å²) in [6.45, 7) is 3.55. The third kappa shape index (κ3) is 5.31. The van der Waals surface area contributed by atoms with E-state index in [-0.39, 0.29) is 29.2 Å². The minimum Gasteiger partial charge on any atom is -0.481 e. The number of hydrogen-bond acceptors (Lipinski definition) is 4. The number of nitrogens with two attached hydrogens (primary N) is 1. The fourth-order valence-electron chi connectivity index (χ4n) is 1.68. The minimum absolute atomic E-state index is 0.0516. The Balaban J connectivity index is 2.66. The molecule has 0 spiro atoms. The number of primary sulfonamides is 1. The smallest absolute Gasteiger partial charge is 0.258 e. The van der Waals surface area contributed by atoms with Crippen molar-refractivity contribution in [3.05, 3.63) is 24.0 Å². The lowest BCUT2D eigenvalue weighted by Crippen LogP contribution is -2.37. The number of rotatable bonds is 7. The Labute approximate surface area is 123 Å². The minimum atomic E-state index is -3.97. The highest BCUT2D eigenvalue weighted by Gasteiger charge is 2.14. The molecule has 1 aromatic rings. The molecule has 6 nitrogen and oxygen atoms in total. The Morgan fingerprint density at radius 2 is 2.00 bits per heavy atom. The highest BCUT2D eigenvalue weighted by Crippen LogP contribution is 2.20. The van der Waals surface area contributed by atoms with Gasteiger partial charge in [0.1, 0.15) is 0 Å². The van der Waals surface area contributed by atoms with Gasteiger partial charge >= 0.3 is 0 Å². The van der Waals surface area contributed by atoms with Crippen LogP contribution < -0.4 is 15.2 Å². The molecule has 1 aromatic carbocycles. The molecule has 0 aromatic heterocycles. The van der Waals surface area contributed by atoms with Gasteiger partial charge in [-0.2, -0.15) is 0 Å². The standard InChI is InChI=1S/C13H19FN2O4S/c1-3-9(4-2)16-13(17)8-20-12-6-5-10(7-11(12)14)21(15,18)19/h5-7,9H,3-4,8H2,1-2H3,(H,16,17)(H2,15,18,19). The number of carbonyl (C=O) groups is 1. The van der Waals surface area contributed by atoms with Gasteiger partial charge in [0.2, 0.25) is 10.0 Å². The molecule has 0 bridgehead atoms. The van der Waals surface area contributed by atoms with E-state index in [0.29, 0.717) is 0 Å². The molecule has 0 unspecified atom stereocenters. The molecule has 3 N–H and O–H groups in total. The molecule has 0 aliphatic rings. The van der Waals surface area contributed by atoms with E-state index in [2.05, 4.69) is 5.32 Å². The molecule has 0 heterocycles. The Morgan fingerprint density at radius 1 is 1.38 bits per heavy atom. The average molecular weight is 318 g/mol. The molecule has 0 saturated carbocycles. The maximum absolute atomic E-state index is 13.6. The topological polar surface area (TPSA) is 98.5 Å². The van der Waals surface area contributed by atoms with Crippen molar-refractivity contribution in [1.82, 2.24) is 5.32 Å². The summed E-state index contributed by atoms with van der Waals surface area (Å²) < 4.78 is 40.8. The second-order valence-electron chi connectivity index (χ2n) is 4.51. The lowest BCUT2D eigenvalue weighted by molar-refractivity contribution is -0.123. The van der Waals surface area contributed by atoms with Crippen molar-refractivity contribution in [3.63, 3.8) is 0 Å². The molecule has 1 amide bonds. The summed E-state index contributed by atoms with van der Waals surface area (Å²) in [5, 5.41) is 7.62. The van der Waals surface area contributed by atoms with Crippen LogP contribution in [0.15, 0.2) is 23.1 Å². The lowest BCUT2D eigenvalue weighted by atomic mass is 10.2. The van der Waals surface area contributed by atoms with E-state index in [9.17, 15) is 17.6 Å². The van der Waals surface area contributed by atoms with Crippen molar-refractivity contribution in [1.29, 1.82) is 0 Å². The number of hydrogen-bond donors (Lipinski definition) is 2. The van der Waals surface area contributed by atoms with Gasteiger partial charge in [0.25, 0.3) is 5.91 Å². The van der Waals surface area contributed by atoms with E-state index in [1.807, 2.05) is 13.8 Å². The van der Waals surface area contributed by atoms with Crippen LogP contribution in [0.5, 0.6) is 5.75 Å². The van der Waals surface area contributed by atoms with Crippen molar-refractivity contribution in [2.75, 3.05) is 6.61 Å². The summed E-state index contributed by atoms with van der Waals surface area (Å²) in [4.78, 5) is 11.3. The van der Waals surface area contributed by atoms with E-state index in [0.717, 1.165) is 31.0 Å². The fourth-order valence-corrected chi connectivity index (χ4v) is 2.21. The average Bonchev–Trinajstić information content (AvgIpc) is 2.42. The van der Waals surface area contributed by atoms with Gasteiger partial charge < -0.3 is 10.1 Å². The van der Waals surface area contributed by atoms with Gasteiger partial charge in [-0.25, -0.2) is 17.9 Å². The summed E-state index contributed by atoms with van der Waals surface area (Å²) in [6.07, 6.45) is 1.58. The third-order valence-corrected chi connectivity index (χ3v) is 3.85. The van der Waals surface area contributed by atoms with E-state index in [1.165, 1.54) is 0 Å². The SMILES string of the molecule is CCC(CC)NC(=O)COc1ccc(S(N)(=O)=O)cc1F. The van der Waals surface area contributed by atoms with Crippen LogP contribution >= 0.6 is 0 Å². The highest BCUT2D eigenvalue weighted by molar-refractivity contribution is 7.89. The molecule has 1 rings (SSSR count). The highest BCUT2D eigenvalue weighted by atomic mass is 32.2. The van der Waals surface area contributed by atoms with E-state index >= 15 is 0 Å². The van der Waals surface area contributed by atoms with Crippen molar-refractivity contribution < 1.29 is 22.3 Å². The van der Waals surface area contributed by atoms with Gasteiger partial charge in [0, 0.05) is 6.04 Å². The molecule has 0 aliphatic heterocycles. The number of halogens is 1. The number of amides is 1. The summed E-state index contributed by atoms with van der Waals surface area (Å²) in [5.41, 5.74) is 0. The van der Waals surface area contributed by atoms with E-state index < -0.39 is 15.8 Å². The zero-order chi connectivity index (χ0) is 16.0.